The minimum absolute atomic E-state index is 0.131. The zero-order valence-corrected chi connectivity index (χ0v) is 11.6. The van der Waals surface area contributed by atoms with Gasteiger partial charge in [-0.3, -0.25) is 10.2 Å². The molecule has 0 aromatic carbocycles. The fourth-order valence-corrected chi connectivity index (χ4v) is 2.23. The van der Waals surface area contributed by atoms with Crippen LogP contribution in [0, 0.1) is 0 Å². The summed E-state index contributed by atoms with van der Waals surface area (Å²) in [7, 11) is 1.92. The van der Waals surface area contributed by atoms with E-state index in [-0.39, 0.29) is 5.56 Å². The minimum Gasteiger partial charge on any atom is -0.373 e. The first-order valence-electron chi connectivity index (χ1n) is 5.83. The van der Waals surface area contributed by atoms with Gasteiger partial charge in [0.15, 0.2) is 5.13 Å². The van der Waals surface area contributed by atoms with Gasteiger partial charge in [-0.1, -0.05) is 11.3 Å². The Hall–Kier alpha value is -1.93. The monoisotopic (exact) mass is 280 g/mol. The molecule has 2 rings (SSSR count). The predicted molar refractivity (Wildman–Crippen MR) is 76.5 cm³/mol. The molecule has 0 spiro atoms. The van der Waals surface area contributed by atoms with Gasteiger partial charge in [0.05, 0.1) is 18.4 Å². The van der Waals surface area contributed by atoms with Gasteiger partial charge in [-0.15, -0.1) is 0 Å². The summed E-state index contributed by atoms with van der Waals surface area (Å²) in [6.45, 7) is 3.24. The second-order valence-electron chi connectivity index (χ2n) is 4.00. The molecule has 19 heavy (non-hydrogen) atoms. The number of hydrogen-bond acceptors (Lipinski definition) is 7. The maximum absolute atomic E-state index is 12.0. The predicted octanol–water partition coefficient (Wildman–Crippen LogP) is 0.490. The molecule has 0 atom stereocenters. The Balaban J connectivity index is 2.19. The van der Waals surface area contributed by atoms with Crippen LogP contribution in [-0.4, -0.2) is 28.4 Å². The lowest BCUT2D eigenvalue weighted by Gasteiger charge is -2.16. The van der Waals surface area contributed by atoms with Gasteiger partial charge in [0.1, 0.15) is 0 Å². The molecule has 0 aliphatic rings. The highest BCUT2D eigenvalue weighted by atomic mass is 32.1. The number of nitrogens with one attached hydrogen (secondary N) is 1. The fourth-order valence-electron chi connectivity index (χ4n) is 1.53. The van der Waals surface area contributed by atoms with E-state index in [1.165, 1.54) is 16.0 Å². The van der Waals surface area contributed by atoms with Crippen LogP contribution in [0.25, 0.3) is 0 Å². The maximum Gasteiger partial charge on any atom is 0.269 e. The molecule has 102 valence electrons. The Bertz CT molecular complexity index is 607. The first-order valence-corrected chi connectivity index (χ1v) is 6.65. The van der Waals surface area contributed by atoms with Crippen LogP contribution in [0.15, 0.2) is 23.3 Å². The number of hydrogen-bond donors (Lipinski definition) is 2. The summed E-state index contributed by atoms with van der Waals surface area (Å²) in [5.41, 5.74) is 3.16. The summed E-state index contributed by atoms with van der Waals surface area (Å²) < 4.78 is 1.40. The van der Waals surface area contributed by atoms with Crippen LogP contribution in [0.2, 0.25) is 0 Å². The standard InChI is InChI=1S/C11H16N6OS/c1-3-16(2)8-4-10(18)17(14-5-8)7-9-6-13-11(15-12)19-9/h4-6H,3,7,12H2,1-2H3,(H,13,15). The zero-order chi connectivity index (χ0) is 13.8. The molecule has 3 N–H and O–H groups in total. The molecule has 2 aromatic rings. The van der Waals surface area contributed by atoms with E-state index >= 15 is 0 Å². The first-order chi connectivity index (χ1) is 9.13. The topological polar surface area (TPSA) is 89.1 Å². The number of aromatic nitrogens is 3. The Labute approximate surface area is 114 Å². The van der Waals surface area contributed by atoms with Crippen LogP contribution in [0.5, 0.6) is 0 Å². The molecular weight excluding hydrogens is 264 g/mol. The first kappa shape index (κ1) is 13.5. The molecule has 0 saturated carbocycles. The van der Waals surface area contributed by atoms with Gasteiger partial charge in [0.25, 0.3) is 5.56 Å². The van der Waals surface area contributed by atoms with Crippen molar-refractivity contribution in [2.24, 2.45) is 5.84 Å². The number of rotatable bonds is 5. The second-order valence-corrected chi connectivity index (χ2v) is 5.12. The molecule has 0 radical (unpaired) electrons. The molecule has 0 aliphatic carbocycles. The molecule has 0 aliphatic heterocycles. The van der Waals surface area contributed by atoms with Crippen molar-refractivity contribution in [2.45, 2.75) is 13.5 Å². The summed E-state index contributed by atoms with van der Waals surface area (Å²) in [6, 6.07) is 1.58. The lowest BCUT2D eigenvalue weighted by Crippen LogP contribution is -2.25. The molecule has 0 bridgehead atoms. The van der Waals surface area contributed by atoms with E-state index in [0.717, 1.165) is 17.1 Å². The Morgan fingerprint density at radius 3 is 2.89 bits per heavy atom. The number of thiazole rings is 1. The van der Waals surface area contributed by atoms with Gasteiger partial charge < -0.3 is 4.90 Å². The van der Waals surface area contributed by atoms with Crippen molar-refractivity contribution >= 4 is 22.2 Å². The average molecular weight is 280 g/mol. The quantitative estimate of drug-likeness (QED) is 0.612. The highest BCUT2D eigenvalue weighted by Gasteiger charge is 2.06. The van der Waals surface area contributed by atoms with Gasteiger partial charge in [-0.25, -0.2) is 15.5 Å². The third-order valence-corrected chi connectivity index (χ3v) is 3.67. The number of anilines is 2. The molecule has 8 heteroatoms. The van der Waals surface area contributed by atoms with Crippen LogP contribution in [-0.2, 0) is 6.54 Å². The van der Waals surface area contributed by atoms with Crippen molar-refractivity contribution in [1.29, 1.82) is 0 Å². The fraction of sp³-hybridized carbons (Fsp3) is 0.364. The number of hydrazine groups is 1. The third kappa shape index (κ3) is 3.09. The van der Waals surface area contributed by atoms with E-state index in [1.54, 1.807) is 18.5 Å². The highest BCUT2D eigenvalue weighted by Crippen LogP contribution is 2.17. The lowest BCUT2D eigenvalue weighted by atomic mass is 10.4. The van der Waals surface area contributed by atoms with Crippen LogP contribution < -0.4 is 21.7 Å². The number of nitrogens with two attached hydrogens (primary N) is 1. The Morgan fingerprint density at radius 1 is 1.53 bits per heavy atom. The van der Waals surface area contributed by atoms with Gasteiger partial charge in [-0.05, 0) is 6.92 Å². The number of nitrogens with zero attached hydrogens (tertiary/aromatic N) is 4. The van der Waals surface area contributed by atoms with Gasteiger partial charge >= 0.3 is 0 Å². The highest BCUT2D eigenvalue weighted by molar-refractivity contribution is 7.15. The molecule has 2 aromatic heterocycles. The summed E-state index contributed by atoms with van der Waals surface area (Å²) in [6.07, 6.45) is 3.37. The van der Waals surface area contributed by atoms with Crippen molar-refractivity contribution in [3.8, 4) is 0 Å². The average Bonchev–Trinajstić information content (AvgIpc) is 2.88. The van der Waals surface area contributed by atoms with Crippen molar-refractivity contribution in [3.63, 3.8) is 0 Å². The lowest BCUT2D eigenvalue weighted by molar-refractivity contribution is 0.643. The minimum atomic E-state index is -0.131. The van der Waals surface area contributed by atoms with E-state index in [0.29, 0.717) is 11.7 Å². The maximum atomic E-state index is 12.0. The third-order valence-electron chi connectivity index (χ3n) is 2.75. The van der Waals surface area contributed by atoms with E-state index in [1.807, 2.05) is 18.9 Å². The summed E-state index contributed by atoms with van der Waals surface area (Å²) in [5.74, 6) is 5.26. The van der Waals surface area contributed by atoms with E-state index in [2.05, 4.69) is 15.5 Å². The van der Waals surface area contributed by atoms with Crippen LogP contribution in [0.3, 0.4) is 0 Å². The van der Waals surface area contributed by atoms with Crippen molar-refractivity contribution in [1.82, 2.24) is 14.8 Å². The Kier molecular flexibility index (Phi) is 4.13. The summed E-state index contributed by atoms with van der Waals surface area (Å²) in [4.78, 5) is 18.9. The summed E-state index contributed by atoms with van der Waals surface area (Å²) in [5, 5.41) is 4.78. The molecule has 0 fully saturated rings. The smallest absolute Gasteiger partial charge is 0.269 e. The van der Waals surface area contributed by atoms with E-state index in [4.69, 9.17) is 5.84 Å². The van der Waals surface area contributed by atoms with E-state index in [9.17, 15) is 4.79 Å². The molecule has 0 amide bonds. The Morgan fingerprint density at radius 2 is 2.32 bits per heavy atom. The molecular formula is C11H16N6OS. The van der Waals surface area contributed by atoms with Gasteiger partial charge in [-0.2, -0.15) is 5.10 Å². The van der Waals surface area contributed by atoms with Crippen molar-refractivity contribution in [3.05, 3.63) is 33.7 Å². The SMILES string of the molecule is CCN(C)c1cnn(Cc2cnc(NN)s2)c(=O)c1. The number of nitrogen functional groups attached to an aromatic ring is 1. The molecule has 0 unspecified atom stereocenters. The van der Waals surface area contributed by atoms with Crippen molar-refractivity contribution in [2.75, 3.05) is 23.9 Å². The largest absolute Gasteiger partial charge is 0.373 e. The zero-order valence-electron chi connectivity index (χ0n) is 10.8. The molecule has 0 saturated heterocycles. The van der Waals surface area contributed by atoms with Crippen LogP contribution >= 0.6 is 11.3 Å². The van der Waals surface area contributed by atoms with E-state index < -0.39 is 0 Å². The van der Waals surface area contributed by atoms with Crippen molar-refractivity contribution < 1.29 is 0 Å². The molecule has 7 nitrogen and oxygen atoms in total. The normalized spacial score (nSPS) is 10.5. The second kappa shape index (κ2) is 5.81. The summed E-state index contributed by atoms with van der Waals surface area (Å²) >= 11 is 1.39. The van der Waals surface area contributed by atoms with Gasteiger partial charge in [0.2, 0.25) is 0 Å². The van der Waals surface area contributed by atoms with Crippen LogP contribution in [0.4, 0.5) is 10.8 Å². The molecule has 2 heterocycles. The van der Waals surface area contributed by atoms with Crippen LogP contribution in [0.1, 0.15) is 11.8 Å². The van der Waals surface area contributed by atoms with Gasteiger partial charge in [0, 0.05) is 30.7 Å².